The smallest absolute Gasteiger partial charge is 0.253 e. The van der Waals surface area contributed by atoms with Gasteiger partial charge in [-0.05, 0) is 31.5 Å². The molecule has 1 aliphatic rings. The quantitative estimate of drug-likeness (QED) is 0.892. The van der Waals surface area contributed by atoms with E-state index in [9.17, 15) is 4.79 Å². The average molecular weight is 279 g/mol. The van der Waals surface area contributed by atoms with Gasteiger partial charge in [0.25, 0.3) is 5.91 Å². The summed E-state index contributed by atoms with van der Waals surface area (Å²) in [6, 6.07) is 1.61. The molecule has 1 fully saturated rings. The van der Waals surface area contributed by atoms with Gasteiger partial charge in [-0.15, -0.1) is 11.3 Å². The number of nitrogens with one attached hydrogen (secondary N) is 2. The molecule has 3 nitrogen and oxygen atoms in total. The van der Waals surface area contributed by atoms with Crippen molar-refractivity contribution in [1.82, 2.24) is 10.6 Å². The zero-order chi connectivity index (χ0) is 11.5. The number of rotatable bonds is 3. The fraction of sp³-hybridized carbons (Fsp3) is 0.500. The minimum Gasteiger partial charge on any atom is -0.352 e. The molecule has 0 aliphatic carbocycles. The molecule has 1 saturated heterocycles. The maximum absolute atomic E-state index is 11.8. The van der Waals surface area contributed by atoms with E-state index in [-0.39, 0.29) is 5.91 Å². The van der Waals surface area contributed by atoms with Crippen molar-refractivity contribution in [3.05, 3.63) is 20.3 Å². The van der Waals surface area contributed by atoms with Crippen LogP contribution in [0.2, 0.25) is 8.67 Å². The lowest BCUT2D eigenvalue weighted by atomic mass is 10.1. The first-order valence-electron chi connectivity index (χ1n) is 5.10. The lowest BCUT2D eigenvalue weighted by molar-refractivity contribution is 0.0949. The van der Waals surface area contributed by atoms with Crippen LogP contribution in [0.1, 0.15) is 16.8 Å². The second-order valence-corrected chi connectivity index (χ2v) is 6.09. The number of amides is 1. The van der Waals surface area contributed by atoms with Gasteiger partial charge in [0.2, 0.25) is 0 Å². The number of hydrogen-bond acceptors (Lipinski definition) is 3. The summed E-state index contributed by atoms with van der Waals surface area (Å²) in [6.45, 7) is 2.69. The van der Waals surface area contributed by atoms with Crippen LogP contribution in [0.4, 0.5) is 0 Å². The molecule has 1 amide bonds. The number of hydrogen-bond donors (Lipinski definition) is 2. The summed E-state index contributed by atoms with van der Waals surface area (Å²) in [5, 5.41) is 6.13. The number of thiophene rings is 1. The van der Waals surface area contributed by atoms with Crippen molar-refractivity contribution in [2.75, 3.05) is 19.6 Å². The normalized spacial score (nSPS) is 20.0. The number of carbonyl (C=O) groups excluding carboxylic acids is 1. The van der Waals surface area contributed by atoms with Gasteiger partial charge in [0, 0.05) is 6.54 Å². The highest BCUT2D eigenvalue weighted by atomic mass is 35.5. The SMILES string of the molecule is O=C(NCC1CCNC1)c1cc(Cl)sc1Cl. The van der Waals surface area contributed by atoms with Crippen molar-refractivity contribution in [2.24, 2.45) is 5.92 Å². The van der Waals surface area contributed by atoms with Crippen molar-refractivity contribution in [3.8, 4) is 0 Å². The Hall–Kier alpha value is -0.290. The third-order valence-electron chi connectivity index (χ3n) is 2.61. The first-order chi connectivity index (χ1) is 7.66. The summed E-state index contributed by atoms with van der Waals surface area (Å²) in [7, 11) is 0. The van der Waals surface area contributed by atoms with Crippen molar-refractivity contribution in [3.63, 3.8) is 0 Å². The minimum absolute atomic E-state index is 0.139. The molecule has 2 heterocycles. The topological polar surface area (TPSA) is 41.1 Å². The van der Waals surface area contributed by atoms with E-state index in [1.165, 1.54) is 11.3 Å². The van der Waals surface area contributed by atoms with E-state index in [0.717, 1.165) is 19.5 Å². The summed E-state index contributed by atoms with van der Waals surface area (Å²) >= 11 is 12.9. The van der Waals surface area contributed by atoms with Crippen molar-refractivity contribution < 1.29 is 4.79 Å². The molecule has 6 heteroatoms. The lowest BCUT2D eigenvalue weighted by Crippen LogP contribution is -2.30. The van der Waals surface area contributed by atoms with Crippen LogP contribution in [0.25, 0.3) is 0 Å². The molecule has 16 heavy (non-hydrogen) atoms. The Balaban J connectivity index is 1.90. The van der Waals surface area contributed by atoms with Crippen LogP contribution >= 0.6 is 34.5 Å². The van der Waals surface area contributed by atoms with Gasteiger partial charge in [0.05, 0.1) is 9.90 Å². The van der Waals surface area contributed by atoms with E-state index in [0.29, 0.717) is 26.7 Å². The van der Waals surface area contributed by atoms with Gasteiger partial charge in [-0.25, -0.2) is 0 Å². The molecule has 1 aromatic rings. The highest BCUT2D eigenvalue weighted by Crippen LogP contribution is 2.30. The van der Waals surface area contributed by atoms with E-state index in [1.807, 2.05) is 0 Å². The van der Waals surface area contributed by atoms with Crippen LogP contribution in [0.3, 0.4) is 0 Å². The zero-order valence-corrected chi connectivity index (χ0v) is 10.9. The molecule has 1 atom stereocenters. The van der Waals surface area contributed by atoms with Gasteiger partial charge in [-0.1, -0.05) is 23.2 Å². The monoisotopic (exact) mass is 278 g/mol. The summed E-state index contributed by atoms with van der Waals surface area (Å²) in [4.78, 5) is 11.8. The Morgan fingerprint density at radius 3 is 3.00 bits per heavy atom. The molecular weight excluding hydrogens is 267 g/mol. The average Bonchev–Trinajstić information content (AvgIpc) is 2.84. The number of halogens is 2. The van der Waals surface area contributed by atoms with Gasteiger partial charge in [-0.2, -0.15) is 0 Å². The molecule has 88 valence electrons. The number of carbonyl (C=O) groups is 1. The summed E-state index contributed by atoms with van der Waals surface area (Å²) in [6.07, 6.45) is 1.11. The molecule has 2 rings (SSSR count). The molecule has 1 unspecified atom stereocenters. The predicted molar refractivity (Wildman–Crippen MR) is 67.6 cm³/mol. The third kappa shape index (κ3) is 2.88. The van der Waals surface area contributed by atoms with E-state index in [2.05, 4.69) is 10.6 Å². The van der Waals surface area contributed by atoms with Gasteiger partial charge in [0.1, 0.15) is 4.34 Å². The molecule has 0 radical (unpaired) electrons. The van der Waals surface area contributed by atoms with E-state index in [1.54, 1.807) is 6.07 Å². The highest BCUT2D eigenvalue weighted by Gasteiger charge is 2.18. The fourth-order valence-corrected chi connectivity index (χ4v) is 3.17. The standard InChI is InChI=1S/C10H12Cl2N2OS/c11-8-3-7(9(12)16-8)10(15)14-5-6-1-2-13-4-6/h3,6,13H,1-2,4-5H2,(H,14,15). The minimum atomic E-state index is -0.139. The van der Waals surface area contributed by atoms with Crippen LogP contribution in [0.5, 0.6) is 0 Å². The van der Waals surface area contributed by atoms with Crippen molar-refractivity contribution in [1.29, 1.82) is 0 Å². The Morgan fingerprint density at radius 2 is 2.44 bits per heavy atom. The van der Waals surface area contributed by atoms with Crippen LogP contribution in [0, 0.1) is 5.92 Å². The Labute approximate surface area is 108 Å². The largest absolute Gasteiger partial charge is 0.352 e. The van der Waals surface area contributed by atoms with Crippen molar-refractivity contribution in [2.45, 2.75) is 6.42 Å². The fourth-order valence-electron chi connectivity index (χ4n) is 1.72. The third-order valence-corrected chi connectivity index (χ3v) is 4.10. The van der Waals surface area contributed by atoms with E-state index < -0.39 is 0 Å². The van der Waals surface area contributed by atoms with Gasteiger partial charge >= 0.3 is 0 Å². The Kier molecular flexibility index (Phi) is 4.08. The van der Waals surface area contributed by atoms with E-state index >= 15 is 0 Å². The maximum Gasteiger partial charge on any atom is 0.253 e. The second kappa shape index (κ2) is 5.36. The maximum atomic E-state index is 11.8. The molecule has 1 aromatic heterocycles. The van der Waals surface area contributed by atoms with Gasteiger partial charge < -0.3 is 10.6 Å². The first-order valence-corrected chi connectivity index (χ1v) is 6.68. The molecule has 0 bridgehead atoms. The van der Waals surface area contributed by atoms with Gasteiger partial charge in [0.15, 0.2) is 0 Å². The molecule has 0 saturated carbocycles. The van der Waals surface area contributed by atoms with Crippen LogP contribution in [0.15, 0.2) is 6.07 Å². The molecule has 0 aromatic carbocycles. The lowest BCUT2D eigenvalue weighted by Gasteiger charge is -2.09. The summed E-state index contributed by atoms with van der Waals surface area (Å²) in [5.74, 6) is 0.386. The second-order valence-electron chi connectivity index (χ2n) is 3.81. The van der Waals surface area contributed by atoms with E-state index in [4.69, 9.17) is 23.2 Å². The van der Waals surface area contributed by atoms with Gasteiger partial charge in [-0.3, -0.25) is 4.79 Å². The Morgan fingerprint density at radius 1 is 1.62 bits per heavy atom. The summed E-state index contributed by atoms with van der Waals surface area (Å²) in [5.41, 5.74) is 0.475. The highest BCUT2D eigenvalue weighted by molar-refractivity contribution is 7.20. The predicted octanol–water partition coefficient (Wildman–Crippen LogP) is 2.39. The molecular formula is C10H12Cl2N2OS. The summed E-state index contributed by atoms with van der Waals surface area (Å²) < 4.78 is 0.990. The van der Waals surface area contributed by atoms with Crippen LogP contribution in [-0.4, -0.2) is 25.5 Å². The van der Waals surface area contributed by atoms with Crippen LogP contribution < -0.4 is 10.6 Å². The molecule has 0 spiro atoms. The van der Waals surface area contributed by atoms with Crippen LogP contribution in [-0.2, 0) is 0 Å². The van der Waals surface area contributed by atoms with Crippen molar-refractivity contribution >= 4 is 40.4 Å². The first kappa shape index (κ1) is 12.2. The molecule has 2 N–H and O–H groups in total. The molecule has 1 aliphatic heterocycles. The Bertz CT molecular complexity index is 388. The zero-order valence-electron chi connectivity index (χ0n) is 8.56.